The molecule has 1 heterocycles. The molecule has 2 nitrogen and oxygen atoms in total. The zero-order chi connectivity index (χ0) is 12.1. The molecule has 1 amide bonds. The first kappa shape index (κ1) is 12.5. The van der Waals surface area contributed by atoms with Gasteiger partial charge in [-0.3, -0.25) is 4.79 Å². The average Bonchev–Trinajstić information content (AvgIpc) is 2.55. The third-order valence-electron chi connectivity index (χ3n) is 3.25. The van der Waals surface area contributed by atoms with Crippen LogP contribution in [0.1, 0.15) is 37.8 Å². The standard InChI is InChI=1S/C14H19NOS/c1-2-3-7-13-12-6-4-5-8-14(12)17-10-9-15(13)11-16/h4-6,8,11,13H,2-3,7,9-10H2,1H3. The van der Waals surface area contributed by atoms with Gasteiger partial charge in [0.2, 0.25) is 6.41 Å². The van der Waals surface area contributed by atoms with Crippen molar-refractivity contribution in [3.63, 3.8) is 0 Å². The van der Waals surface area contributed by atoms with Crippen LogP contribution in [0.5, 0.6) is 0 Å². The highest BCUT2D eigenvalue weighted by molar-refractivity contribution is 7.99. The predicted octanol–water partition coefficient (Wildman–Crippen LogP) is 3.48. The van der Waals surface area contributed by atoms with Gasteiger partial charge in [0.1, 0.15) is 0 Å². The first-order valence-corrected chi connectivity index (χ1v) is 7.28. The van der Waals surface area contributed by atoms with Crippen LogP contribution in [0.15, 0.2) is 29.2 Å². The lowest BCUT2D eigenvalue weighted by atomic mass is 10.00. The monoisotopic (exact) mass is 249 g/mol. The third-order valence-corrected chi connectivity index (χ3v) is 4.32. The van der Waals surface area contributed by atoms with Crippen LogP contribution in [0.4, 0.5) is 0 Å². The predicted molar refractivity (Wildman–Crippen MR) is 72.2 cm³/mol. The summed E-state index contributed by atoms with van der Waals surface area (Å²) < 4.78 is 0. The molecule has 0 N–H and O–H groups in total. The smallest absolute Gasteiger partial charge is 0.210 e. The number of hydrogen-bond acceptors (Lipinski definition) is 2. The van der Waals surface area contributed by atoms with E-state index in [4.69, 9.17) is 0 Å². The van der Waals surface area contributed by atoms with Crippen molar-refractivity contribution in [3.8, 4) is 0 Å². The van der Waals surface area contributed by atoms with Gasteiger partial charge in [0, 0.05) is 17.2 Å². The summed E-state index contributed by atoms with van der Waals surface area (Å²) in [5.74, 6) is 0.998. The van der Waals surface area contributed by atoms with Gasteiger partial charge in [0.15, 0.2) is 0 Å². The second kappa shape index (κ2) is 6.10. The molecule has 0 aromatic heterocycles. The second-order valence-corrected chi connectivity index (χ2v) is 5.52. The normalized spacial score (nSPS) is 19.6. The zero-order valence-corrected chi connectivity index (χ0v) is 11.1. The Balaban J connectivity index is 2.29. The molecule has 0 aliphatic carbocycles. The molecule has 0 spiro atoms. The number of rotatable bonds is 4. The Morgan fingerprint density at radius 3 is 3.06 bits per heavy atom. The Morgan fingerprint density at radius 1 is 1.47 bits per heavy atom. The maximum atomic E-state index is 11.2. The van der Waals surface area contributed by atoms with E-state index in [2.05, 4.69) is 31.2 Å². The van der Waals surface area contributed by atoms with E-state index in [9.17, 15) is 4.79 Å². The summed E-state index contributed by atoms with van der Waals surface area (Å²) in [4.78, 5) is 14.5. The van der Waals surface area contributed by atoms with Crippen LogP contribution in [0.2, 0.25) is 0 Å². The van der Waals surface area contributed by atoms with Crippen molar-refractivity contribution >= 4 is 18.2 Å². The Kier molecular flexibility index (Phi) is 4.49. The quantitative estimate of drug-likeness (QED) is 0.761. The number of unbranched alkanes of at least 4 members (excludes halogenated alkanes) is 1. The number of amides is 1. The van der Waals surface area contributed by atoms with Crippen molar-refractivity contribution in [1.82, 2.24) is 4.90 Å². The van der Waals surface area contributed by atoms with Crippen LogP contribution in [0.25, 0.3) is 0 Å². The van der Waals surface area contributed by atoms with E-state index >= 15 is 0 Å². The number of thioether (sulfide) groups is 1. The highest BCUT2D eigenvalue weighted by Gasteiger charge is 2.23. The molecule has 3 heteroatoms. The highest BCUT2D eigenvalue weighted by atomic mass is 32.2. The molecule has 17 heavy (non-hydrogen) atoms. The van der Waals surface area contributed by atoms with Gasteiger partial charge < -0.3 is 4.90 Å². The molecule has 2 rings (SSSR count). The van der Waals surface area contributed by atoms with Crippen molar-refractivity contribution in [2.75, 3.05) is 12.3 Å². The minimum absolute atomic E-state index is 0.277. The lowest BCUT2D eigenvalue weighted by Crippen LogP contribution is -2.28. The lowest BCUT2D eigenvalue weighted by Gasteiger charge is -2.27. The number of nitrogens with zero attached hydrogens (tertiary/aromatic N) is 1. The maximum absolute atomic E-state index is 11.2. The van der Waals surface area contributed by atoms with E-state index in [1.165, 1.54) is 23.3 Å². The fourth-order valence-corrected chi connectivity index (χ4v) is 3.40. The van der Waals surface area contributed by atoms with Crippen molar-refractivity contribution in [3.05, 3.63) is 29.8 Å². The average molecular weight is 249 g/mol. The summed E-state index contributed by atoms with van der Waals surface area (Å²) in [5.41, 5.74) is 1.33. The Labute approximate surface area is 107 Å². The summed E-state index contributed by atoms with van der Waals surface area (Å²) in [6.07, 6.45) is 4.45. The molecule has 0 bridgehead atoms. The molecule has 92 valence electrons. The van der Waals surface area contributed by atoms with Crippen LogP contribution in [0, 0.1) is 0 Å². The van der Waals surface area contributed by atoms with Gasteiger partial charge in [-0.1, -0.05) is 38.0 Å². The Morgan fingerprint density at radius 2 is 2.29 bits per heavy atom. The summed E-state index contributed by atoms with van der Waals surface area (Å²) in [7, 11) is 0. The van der Waals surface area contributed by atoms with Crippen LogP contribution >= 0.6 is 11.8 Å². The highest BCUT2D eigenvalue weighted by Crippen LogP contribution is 2.36. The number of carbonyl (C=O) groups excluding carboxylic acids is 1. The first-order chi connectivity index (χ1) is 8.36. The molecule has 1 aliphatic heterocycles. The molecule has 0 saturated carbocycles. The molecule has 0 fully saturated rings. The van der Waals surface area contributed by atoms with Gasteiger partial charge in [0.05, 0.1) is 6.04 Å². The van der Waals surface area contributed by atoms with E-state index < -0.39 is 0 Å². The largest absolute Gasteiger partial charge is 0.337 e. The van der Waals surface area contributed by atoms with Crippen molar-refractivity contribution in [1.29, 1.82) is 0 Å². The van der Waals surface area contributed by atoms with Gasteiger partial charge in [-0.15, -0.1) is 11.8 Å². The SMILES string of the molecule is CCCCC1c2ccccc2SCCN1C=O. The van der Waals surface area contributed by atoms with Gasteiger partial charge in [-0.05, 0) is 18.1 Å². The lowest BCUT2D eigenvalue weighted by molar-refractivity contribution is -0.120. The van der Waals surface area contributed by atoms with Crippen LogP contribution < -0.4 is 0 Å². The molecule has 1 atom stereocenters. The van der Waals surface area contributed by atoms with E-state index in [0.717, 1.165) is 25.1 Å². The molecule has 1 aromatic rings. The topological polar surface area (TPSA) is 20.3 Å². The Bertz CT molecular complexity index is 380. The molecule has 1 aromatic carbocycles. The fraction of sp³-hybridized carbons (Fsp3) is 0.500. The number of benzene rings is 1. The summed E-state index contributed by atoms with van der Waals surface area (Å²) >= 11 is 1.87. The third kappa shape index (κ3) is 2.83. The molecule has 0 saturated heterocycles. The summed E-state index contributed by atoms with van der Waals surface area (Å²) in [6.45, 7) is 3.06. The maximum Gasteiger partial charge on any atom is 0.210 e. The van der Waals surface area contributed by atoms with Gasteiger partial charge in [0.25, 0.3) is 0 Å². The van der Waals surface area contributed by atoms with Gasteiger partial charge in [-0.2, -0.15) is 0 Å². The van der Waals surface area contributed by atoms with Crippen molar-refractivity contribution in [2.24, 2.45) is 0 Å². The summed E-state index contributed by atoms with van der Waals surface area (Å²) in [5, 5.41) is 0. The Hall–Kier alpha value is -0.960. The minimum atomic E-state index is 0.277. The number of hydrogen-bond donors (Lipinski definition) is 0. The van der Waals surface area contributed by atoms with E-state index in [-0.39, 0.29) is 6.04 Å². The van der Waals surface area contributed by atoms with E-state index in [0.29, 0.717) is 0 Å². The first-order valence-electron chi connectivity index (χ1n) is 6.29. The van der Waals surface area contributed by atoms with Gasteiger partial charge >= 0.3 is 0 Å². The minimum Gasteiger partial charge on any atom is -0.337 e. The van der Waals surface area contributed by atoms with Crippen molar-refractivity contribution in [2.45, 2.75) is 37.1 Å². The molecule has 0 radical (unpaired) electrons. The van der Waals surface area contributed by atoms with Crippen LogP contribution in [-0.2, 0) is 4.79 Å². The number of fused-ring (bicyclic) bond motifs is 1. The summed E-state index contributed by atoms with van der Waals surface area (Å²) in [6, 6.07) is 8.78. The molecular formula is C14H19NOS. The van der Waals surface area contributed by atoms with Gasteiger partial charge in [-0.25, -0.2) is 0 Å². The fourth-order valence-electron chi connectivity index (χ4n) is 2.33. The zero-order valence-electron chi connectivity index (χ0n) is 10.3. The molecule has 1 unspecified atom stereocenters. The molecule has 1 aliphatic rings. The van der Waals surface area contributed by atoms with E-state index in [1.54, 1.807) is 0 Å². The molecular weight excluding hydrogens is 230 g/mol. The van der Waals surface area contributed by atoms with Crippen molar-refractivity contribution < 1.29 is 4.79 Å². The number of carbonyl (C=O) groups is 1. The van der Waals surface area contributed by atoms with Crippen LogP contribution in [0.3, 0.4) is 0 Å². The second-order valence-electron chi connectivity index (χ2n) is 4.39. The van der Waals surface area contributed by atoms with Crippen LogP contribution in [-0.4, -0.2) is 23.6 Å². The van der Waals surface area contributed by atoms with E-state index in [1.807, 2.05) is 16.7 Å².